The summed E-state index contributed by atoms with van der Waals surface area (Å²) in [6.45, 7) is 8.88. The van der Waals surface area contributed by atoms with Crippen molar-refractivity contribution in [3.05, 3.63) is 53.6 Å². The summed E-state index contributed by atoms with van der Waals surface area (Å²) in [5.74, 6) is 0.321. The minimum atomic E-state index is -3.77. The molecule has 0 bridgehead atoms. The fourth-order valence-electron chi connectivity index (χ4n) is 3.92. The summed E-state index contributed by atoms with van der Waals surface area (Å²) < 4.78 is 34.1. The SMILES string of the molecule is CCOc1cccc(-c2ccc(C3CCN(S(=O)(=O)NC(=O)C(C)C)CC3)cc2C)c1. The molecule has 7 heteroatoms. The van der Waals surface area contributed by atoms with Gasteiger partial charge in [-0.15, -0.1) is 0 Å². The second kappa shape index (κ2) is 9.83. The average Bonchev–Trinajstić information content (AvgIpc) is 2.74. The first-order chi connectivity index (χ1) is 14.7. The fourth-order valence-corrected chi connectivity index (χ4v) is 5.23. The van der Waals surface area contributed by atoms with Gasteiger partial charge >= 0.3 is 10.2 Å². The first-order valence-electron chi connectivity index (χ1n) is 10.9. The van der Waals surface area contributed by atoms with Gasteiger partial charge < -0.3 is 4.74 Å². The second-order valence-corrected chi connectivity index (χ2v) is 10.0. The van der Waals surface area contributed by atoms with Gasteiger partial charge in [-0.05, 0) is 67.0 Å². The summed E-state index contributed by atoms with van der Waals surface area (Å²) in [5.41, 5.74) is 4.70. The molecule has 1 aliphatic heterocycles. The van der Waals surface area contributed by atoms with Crippen LogP contribution in [0.2, 0.25) is 0 Å². The quantitative estimate of drug-likeness (QED) is 0.692. The van der Waals surface area contributed by atoms with Crippen LogP contribution in [0.5, 0.6) is 5.75 Å². The number of nitrogens with zero attached hydrogens (tertiary/aromatic N) is 1. The first-order valence-corrected chi connectivity index (χ1v) is 12.3. The van der Waals surface area contributed by atoms with Crippen molar-refractivity contribution in [2.45, 2.75) is 46.5 Å². The highest BCUT2D eigenvalue weighted by molar-refractivity contribution is 7.87. The van der Waals surface area contributed by atoms with Crippen LogP contribution in [0, 0.1) is 12.8 Å². The van der Waals surface area contributed by atoms with Crippen LogP contribution in [0.4, 0.5) is 0 Å². The third kappa shape index (κ3) is 5.66. The van der Waals surface area contributed by atoms with Gasteiger partial charge in [-0.2, -0.15) is 12.7 Å². The van der Waals surface area contributed by atoms with Crippen LogP contribution in [0.3, 0.4) is 0 Å². The fraction of sp³-hybridized carbons (Fsp3) is 0.458. The molecular formula is C24H32N2O4S. The second-order valence-electron chi connectivity index (χ2n) is 8.33. The number of aryl methyl sites for hydroxylation is 1. The summed E-state index contributed by atoms with van der Waals surface area (Å²) >= 11 is 0. The standard InChI is InChI=1S/C24H32N2O4S/c1-5-30-22-8-6-7-21(16-22)23-10-9-20(15-18(23)4)19-11-13-26(14-12-19)31(28,29)25-24(27)17(2)3/h6-10,15-17,19H,5,11-14H2,1-4H3,(H,25,27). The highest BCUT2D eigenvalue weighted by atomic mass is 32.2. The number of benzene rings is 2. The molecule has 1 heterocycles. The third-order valence-electron chi connectivity index (χ3n) is 5.73. The molecule has 3 rings (SSSR count). The first kappa shape index (κ1) is 23.3. The molecule has 31 heavy (non-hydrogen) atoms. The molecule has 0 atom stereocenters. The summed E-state index contributed by atoms with van der Waals surface area (Å²) in [6.07, 6.45) is 1.46. The van der Waals surface area contributed by atoms with Gasteiger partial charge in [0.05, 0.1) is 6.61 Å². The van der Waals surface area contributed by atoms with E-state index < -0.39 is 16.1 Å². The topological polar surface area (TPSA) is 75.7 Å². The molecule has 6 nitrogen and oxygen atoms in total. The lowest BCUT2D eigenvalue weighted by Gasteiger charge is -2.31. The Morgan fingerprint density at radius 2 is 1.87 bits per heavy atom. The maximum Gasteiger partial charge on any atom is 0.303 e. The summed E-state index contributed by atoms with van der Waals surface area (Å²) in [6, 6.07) is 14.6. The van der Waals surface area contributed by atoms with Crippen LogP contribution in [0.15, 0.2) is 42.5 Å². The third-order valence-corrected chi connectivity index (χ3v) is 7.23. The van der Waals surface area contributed by atoms with Crippen LogP contribution in [0.1, 0.15) is 50.7 Å². The van der Waals surface area contributed by atoms with E-state index in [1.807, 2.05) is 19.1 Å². The van der Waals surface area contributed by atoms with Gasteiger partial charge in [0.1, 0.15) is 5.75 Å². The Bertz CT molecular complexity index is 1030. The Kier molecular flexibility index (Phi) is 7.38. The van der Waals surface area contributed by atoms with E-state index in [0.29, 0.717) is 25.6 Å². The number of piperidine rings is 1. The maximum absolute atomic E-state index is 12.5. The van der Waals surface area contributed by atoms with Gasteiger partial charge in [-0.25, -0.2) is 4.72 Å². The number of amides is 1. The van der Waals surface area contributed by atoms with E-state index in [1.165, 1.54) is 21.0 Å². The lowest BCUT2D eigenvalue weighted by Crippen LogP contribution is -2.47. The zero-order chi connectivity index (χ0) is 22.6. The zero-order valence-electron chi connectivity index (χ0n) is 18.7. The predicted molar refractivity (Wildman–Crippen MR) is 123 cm³/mol. The van der Waals surface area contributed by atoms with Crippen LogP contribution < -0.4 is 9.46 Å². The smallest absolute Gasteiger partial charge is 0.303 e. The molecule has 0 spiro atoms. The van der Waals surface area contributed by atoms with Crippen LogP contribution >= 0.6 is 0 Å². The minimum Gasteiger partial charge on any atom is -0.494 e. The van der Waals surface area contributed by atoms with Crippen molar-refractivity contribution in [2.24, 2.45) is 5.92 Å². The molecule has 2 aromatic carbocycles. The number of nitrogens with one attached hydrogen (secondary N) is 1. The lowest BCUT2D eigenvalue weighted by molar-refractivity contribution is -0.122. The molecule has 0 aliphatic carbocycles. The molecule has 1 fully saturated rings. The van der Waals surface area contributed by atoms with E-state index in [1.54, 1.807) is 13.8 Å². The van der Waals surface area contributed by atoms with E-state index in [4.69, 9.17) is 4.74 Å². The molecule has 1 aliphatic rings. The molecule has 0 radical (unpaired) electrons. The number of hydrogen-bond donors (Lipinski definition) is 1. The highest BCUT2D eigenvalue weighted by Gasteiger charge is 2.30. The Hall–Kier alpha value is -2.38. The highest BCUT2D eigenvalue weighted by Crippen LogP contribution is 2.33. The Labute approximate surface area is 185 Å². The van der Waals surface area contributed by atoms with E-state index in [0.717, 1.165) is 24.2 Å². The van der Waals surface area contributed by atoms with Crippen molar-refractivity contribution in [3.8, 4) is 16.9 Å². The predicted octanol–water partition coefficient (Wildman–Crippen LogP) is 4.26. The zero-order valence-corrected chi connectivity index (χ0v) is 19.5. The normalized spacial score (nSPS) is 15.8. The molecule has 1 N–H and O–H groups in total. The van der Waals surface area contributed by atoms with Crippen LogP contribution in [-0.4, -0.2) is 38.3 Å². The number of carbonyl (C=O) groups is 1. The van der Waals surface area contributed by atoms with E-state index in [2.05, 4.69) is 42.0 Å². The average molecular weight is 445 g/mol. The largest absolute Gasteiger partial charge is 0.494 e. The summed E-state index contributed by atoms with van der Waals surface area (Å²) in [5, 5.41) is 0. The molecule has 1 saturated heterocycles. The van der Waals surface area contributed by atoms with Crippen molar-refractivity contribution in [2.75, 3.05) is 19.7 Å². The van der Waals surface area contributed by atoms with Crippen molar-refractivity contribution < 1.29 is 17.9 Å². The van der Waals surface area contributed by atoms with Crippen molar-refractivity contribution in [1.82, 2.24) is 9.03 Å². The molecule has 2 aromatic rings. The Morgan fingerprint density at radius 3 is 2.48 bits per heavy atom. The Balaban J connectivity index is 1.68. The van der Waals surface area contributed by atoms with Gasteiger partial charge in [0.2, 0.25) is 5.91 Å². The minimum absolute atomic E-state index is 0.301. The van der Waals surface area contributed by atoms with Crippen LogP contribution in [0.25, 0.3) is 11.1 Å². The van der Waals surface area contributed by atoms with Gasteiger partial charge in [-0.3, -0.25) is 4.79 Å². The van der Waals surface area contributed by atoms with Crippen molar-refractivity contribution in [3.63, 3.8) is 0 Å². The molecule has 168 valence electrons. The molecule has 0 saturated carbocycles. The molecule has 0 unspecified atom stereocenters. The number of carbonyl (C=O) groups excluding carboxylic acids is 1. The van der Waals surface area contributed by atoms with E-state index >= 15 is 0 Å². The van der Waals surface area contributed by atoms with Crippen molar-refractivity contribution >= 4 is 16.1 Å². The number of hydrogen-bond acceptors (Lipinski definition) is 4. The van der Waals surface area contributed by atoms with Crippen LogP contribution in [-0.2, 0) is 15.0 Å². The van der Waals surface area contributed by atoms with Gasteiger partial charge in [0, 0.05) is 19.0 Å². The monoisotopic (exact) mass is 444 g/mol. The van der Waals surface area contributed by atoms with Gasteiger partial charge in [-0.1, -0.05) is 44.2 Å². The van der Waals surface area contributed by atoms with E-state index in [9.17, 15) is 13.2 Å². The number of rotatable bonds is 7. The van der Waals surface area contributed by atoms with E-state index in [-0.39, 0.29) is 5.92 Å². The van der Waals surface area contributed by atoms with Gasteiger partial charge in [0.15, 0.2) is 0 Å². The van der Waals surface area contributed by atoms with Gasteiger partial charge in [0.25, 0.3) is 0 Å². The summed E-state index contributed by atoms with van der Waals surface area (Å²) in [4.78, 5) is 11.8. The molecule has 1 amide bonds. The maximum atomic E-state index is 12.5. The Morgan fingerprint density at radius 1 is 1.16 bits per heavy atom. The number of ether oxygens (including phenoxy) is 1. The van der Waals surface area contributed by atoms with Crippen molar-refractivity contribution in [1.29, 1.82) is 0 Å². The molecule has 0 aromatic heterocycles. The summed E-state index contributed by atoms with van der Waals surface area (Å²) in [7, 11) is -3.77. The molecular weight excluding hydrogens is 412 g/mol. The lowest BCUT2D eigenvalue weighted by atomic mass is 9.87.